The lowest BCUT2D eigenvalue weighted by Gasteiger charge is -2.38. The maximum atomic E-state index is 13.4. The second-order valence-corrected chi connectivity index (χ2v) is 11.1. The van der Waals surface area contributed by atoms with Crippen molar-refractivity contribution < 1.29 is 55.4 Å². The van der Waals surface area contributed by atoms with Crippen molar-refractivity contribution in [3.05, 3.63) is 64.7 Å². The van der Waals surface area contributed by atoms with Crippen LogP contribution in [-0.4, -0.2) is 42.0 Å². The molecule has 0 heterocycles. The molecule has 3 atom stereocenters. The predicted molar refractivity (Wildman–Crippen MR) is 141 cm³/mol. The molecule has 43 heavy (non-hydrogen) atoms. The number of carboxylic acids is 1. The molecule has 2 aromatic carbocycles. The molecule has 0 spiro atoms. The first-order chi connectivity index (χ1) is 19.7. The Morgan fingerprint density at radius 1 is 0.977 bits per heavy atom. The van der Waals surface area contributed by atoms with Crippen LogP contribution in [-0.2, 0) is 37.9 Å². The number of ether oxygens (including phenoxy) is 1. The zero-order valence-electron chi connectivity index (χ0n) is 23.6. The zero-order chi connectivity index (χ0) is 32.5. The number of anilines is 1. The Kier molecular flexibility index (Phi) is 9.23. The largest absolute Gasteiger partial charge is 0.481 e. The number of hydrogen-bond acceptors (Lipinski definition) is 5. The number of amides is 2. The molecule has 2 amide bonds. The number of benzene rings is 2. The summed E-state index contributed by atoms with van der Waals surface area (Å²) in [5.74, 6) is -4.48. The fourth-order valence-electron chi connectivity index (χ4n) is 5.26. The normalized spacial score (nSPS) is 20.7. The number of carbonyl (C=O) groups excluding carboxylic acids is 3. The molecule has 0 aliphatic heterocycles. The van der Waals surface area contributed by atoms with Gasteiger partial charge in [0.2, 0.25) is 5.91 Å². The lowest BCUT2D eigenvalue weighted by molar-refractivity contribution is -0.156. The molecule has 1 aliphatic rings. The first-order valence-corrected chi connectivity index (χ1v) is 13.0. The van der Waals surface area contributed by atoms with Gasteiger partial charge in [-0.2, -0.15) is 26.3 Å². The van der Waals surface area contributed by atoms with E-state index in [0.717, 1.165) is 7.11 Å². The van der Waals surface area contributed by atoms with Gasteiger partial charge in [0.15, 0.2) is 0 Å². The van der Waals surface area contributed by atoms with Gasteiger partial charge in [-0.25, -0.2) is 4.79 Å². The smallest absolute Gasteiger partial charge is 0.417 e. The third-order valence-electron chi connectivity index (χ3n) is 8.37. The maximum Gasteiger partial charge on any atom is 0.417 e. The van der Waals surface area contributed by atoms with E-state index in [-0.39, 0.29) is 43.1 Å². The molecule has 0 unspecified atom stereocenters. The molecule has 14 heteroatoms. The van der Waals surface area contributed by atoms with Crippen LogP contribution in [0.15, 0.2) is 42.5 Å². The highest BCUT2D eigenvalue weighted by atomic mass is 19.4. The van der Waals surface area contributed by atoms with Gasteiger partial charge in [0.05, 0.1) is 29.2 Å². The minimum Gasteiger partial charge on any atom is -0.481 e. The Hall–Kier alpha value is -4.10. The number of esters is 1. The summed E-state index contributed by atoms with van der Waals surface area (Å²) in [4.78, 5) is 50.2. The third-order valence-corrected chi connectivity index (χ3v) is 8.37. The van der Waals surface area contributed by atoms with Crippen molar-refractivity contribution in [1.29, 1.82) is 0 Å². The van der Waals surface area contributed by atoms with Gasteiger partial charge >= 0.3 is 24.3 Å². The van der Waals surface area contributed by atoms with Gasteiger partial charge < -0.3 is 20.5 Å². The van der Waals surface area contributed by atoms with Gasteiger partial charge in [0.1, 0.15) is 6.04 Å². The van der Waals surface area contributed by atoms with Crippen LogP contribution in [0.1, 0.15) is 60.7 Å². The van der Waals surface area contributed by atoms with Crippen LogP contribution < -0.4 is 10.6 Å². The maximum absolute atomic E-state index is 13.4. The van der Waals surface area contributed by atoms with Crippen molar-refractivity contribution in [2.45, 2.75) is 58.4 Å². The van der Waals surface area contributed by atoms with E-state index in [1.165, 1.54) is 24.3 Å². The van der Waals surface area contributed by atoms with Crippen LogP contribution in [0.3, 0.4) is 0 Å². The number of carbonyl (C=O) groups is 4. The van der Waals surface area contributed by atoms with E-state index in [1.807, 2.05) is 0 Å². The Morgan fingerprint density at radius 2 is 1.58 bits per heavy atom. The van der Waals surface area contributed by atoms with Gasteiger partial charge in [-0.05, 0) is 61.1 Å². The number of aliphatic carboxylic acids is 1. The van der Waals surface area contributed by atoms with Crippen molar-refractivity contribution in [1.82, 2.24) is 5.32 Å². The Bertz CT molecular complexity index is 1400. The molecule has 3 N–H and O–H groups in total. The molecule has 1 saturated carbocycles. The van der Waals surface area contributed by atoms with Gasteiger partial charge in [-0.3, -0.25) is 14.4 Å². The van der Waals surface area contributed by atoms with Gasteiger partial charge in [-0.15, -0.1) is 0 Å². The number of alkyl halides is 6. The number of methoxy groups -OCH3 is 1. The summed E-state index contributed by atoms with van der Waals surface area (Å²) in [6.45, 7) is 4.92. The molecule has 3 rings (SSSR count). The zero-order valence-corrected chi connectivity index (χ0v) is 23.6. The lowest BCUT2D eigenvalue weighted by atomic mass is 9.65. The van der Waals surface area contributed by atoms with Crippen molar-refractivity contribution in [3.63, 3.8) is 0 Å². The summed E-state index contributed by atoms with van der Waals surface area (Å²) in [6.07, 6.45) is -9.62. The molecule has 0 radical (unpaired) electrons. The van der Waals surface area contributed by atoms with Crippen molar-refractivity contribution >= 4 is 29.4 Å². The highest BCUT2D eigenvalue weighted by molar-refractivity contribution is 6.05. The molecule has 1 fully saturated rings. The number of nitrogens with one attached hydrogen (secondary N) is 2. The van der Waals surface area contributed by atoms with E-state index in [4.69, 9.17) is 4.74 Å². The standard InChI is InChI=1S/C29H30F6N2O6/c1-26(2)20(11-12-27(26,3)25(41)42)23(39)37-21(24(40)43-4)13-15-5-8-17(9-6-15)36-22(38)18-14-16(28(30,31)32)7-10-19(18)29(33,34)35/h5-10,14,20-21H,11-13H2,1-4H3,(H,36,38)(H,37,39)(H,41,42)/t20-,21+,27+/m1/s1. The molecule has 0 bridgehead atoms. The molecular formula is C29H30F6N2O6. The van der Waals surface area contributed by atoms with Crippen molar-refractivity contribution in [2.75, 3.05) is 12.4 Å². The van der Waals surface area contributed by atoms with E-state index in [0.29, 0.717) is 5.56 Å². The fraction of sp³-hybridized carbons (Fsp3) is 0.448. The van der Waals surface area contributed by atoms with Crippen LogP contribution in [0.4, 0.5) is 32.0 Å². The van der Waals surface area contributed by atoms with E-state index in [9.17, 15) is 50.6 Å². The van der Waals surface area contributed by atoms with Crippen LogP contribution in [0.25, 0.3) is 0 Å². The fourth-order valence-corrected chi connectivity index (χ4v) is 5.26. The first kappa shape index (κ1) is 33.4. The number of carboxylic acid groups (broad SMARTS) is 1. The summed E-state index contributed by atoms with van der Waals surface area (Å²) >= 11 is 0. The lowest BCUT2D eigenvalue weighted by Crippen LogP contribution is -2.50. The summed E-state index contributed by atoms with van der Waals surface area (Å²) in [6, 6.07) is 4.71. The Balaban J connectivity index is 1.77. The first-order valence-electron chi connectivity index (χ1n) is 13.0. The van der Waals surface area contributed by atoms with Crippen LogP contribution in [0.2, 0.25) is 0 Å². The van der Waals surface area contributed by atoms with Gasteiger partial charge in [0.25, 0.3) is 5.91 Å². The summed E-state index contributed by atoms with van der Waals surface area (Å²) in [7, 11) is 1.12. The Morgan fingerprint density at radius 3 is 2.07 bits per heavy atom. The molecule has 2 aromatic rings. The highest BCUT2D eigenvalue weighted by Crippen LogP contribution is 2.56. The van der Waals surface area contributed by atoms with Gasteiger partial charge in [0, 0.05) is 18.0 Å². The quantitative estimate of drug-likeness (QED) is 0.258. The van der Waals surface area contributed by atoms with E-state index in [2.05, 4.69) is 10.6 Å². The SMILES string of the molecule is COC(=O)[C@H](Cc1ccc(NC(=O)c2cc(C(F)(F)F)ccc2C(F)(F)F)cc1)NC(=O)[C@H]1CC[C@@](C)(C(=O)O)C1(C)C. The third kappa shape index (κ3) is 6.94. The number of rotatable bonds is 8. The van der Waals surface area contributed by atoms with Crippen LogP contribution >= 0.6 is 0 Å². The summed E-state index contributed by atoms with van der Waals surface area (Å²) < 4.78 is 84.3. The average molecular weight is 617 g/mol. The second kappa shape index (κ2) is 11.9. The van der Waals surface area contributed by atoms with Crippen molar-refractivity contribution in [3.8, 4) is 0 Å². The van der Waals surface area contributed by atoms with Crippen LogP contribution in [0.5, 0.6) is 0 Å². The molecule has 234 valence electrons. The molecule has 1 aliphatic carbocycles. The van der Waals surface area contributed by atoms with E-state index < -0.39 is 75.6 Å². The molecule has 8 nitrogen and oxygen atoms in total. The summed E-state index contributed by atoms with van der Waals surface area (Å²) in [5.41, 5.74) is -5.89. The highest BCUT2D eigenvalue weighted by Gasteiger charge is 2.58. The van der Waals surface area contributed by atoms with E-state index >= 15 is 0 Å². The topological polar surface area (TPSA) is 122 Å². The number of halogens is 6. The summed E-state index contributed by atoms with van der Waals surface area (Å²) in [5, 5.41) is 14.5. The van der Waals surface area contributed by atoms with Gasteiger partial charge in [-0.1, -0.05) is 26.0 Å². The predicted octanol–water partition coefficient (Wildman–Crippen LogP) is 5.70. The second-order valence-electron chi connectivity index (χ2n) is 11.1. The minimum atomic E-state index is -5.09. The minimum absolute atomic E-state index is 0.0430. The molecular weight excluding hydrogens is 586 g/mol. The van der Waals surface area contributed by atoms with E-state index in [1.54, 1.807) is 20.8 Å². The average Bonchev–Trinajstić information content (AvgIpc) is 3.16. The Labute approximate surface area is 242 Å². The number of hydrogen-bond donors (Lipinski definition) is 3. The van der Waals surface area contributed by atoms with Crippen molar-refractivity contribution in [2.24, 2.45) is 16.7 Å². The monoisotopic (exact) mass is 616 g/mol. The van der Waals surface area contributed by atoms with Crippen LogP contribution in [0, 0.1) is 16.7 Å². The molecule has 0 aromatic heterocycles. The molecule has 0 saturated heterocycles.